The van der Waals surface area contributed by atoms with Crippen LogP contribution in [0.3, 0.4) is 0 Å². The van der Waals surface area contributed by atoms with E-state index in [2.05, 4.69) is 10.0 Å². The molecule has 0 saturated heterocycles. The molecule has 0 heterocycles. The zero-order valence-corrected chi connectivity index (χ0v) is 12.8. The van der Waals surface area contributed by atoms with Gasteiger partial charge in [-0.3, -0.25) is 4.79 Å². The Hall–Kier alpha value is -1.44. The molecule has 1 atom stereocenters. The number of nitrogens with one attached hydrogen (secondary N) is 2. The number of anilines is 1. The van der Waals surface area contributed by atoms with Gasteiger partial charge in [0.05, 0.1) is 10.8 Å². The molecule has 116 valence electrons. The molecule has 1 aliphatic rings. The summed E-state index contributed by atoms with van der Waals surface area (Å²) in [5, 5.41) is 2.74. The van der Waals surface area contributed by atoms with Gasteiger partial charge >= 0.3 is 0 Å². The fraction of sp³-hybridized carbons (Fsp3) is 0.500. The van der Waals surface area contributed by atoms with Gasteiger partial charge in [0.1, 0.15) is 0 Å². The standard InChI is InChI=1S/C14H21N3O3S/c1-2-10(9-15)14(18)16-11-5-7-13(8-6-11)21(19,20)17-12-3-4-12/h5-8,10,12,17H,2-4,9,15H2,1H3,(H,16,18). The van der Waals surface area contributed by atoms with Gasteiger partial charge in [0.15, 0.2) is 0 Å². The number of hydrogen-bond donors (Lipinski definition) is 3. The van der Waals surface area contributed by atoms with E-state index in [1.165, 1.54) is 12.1 Å². The highest BCUT2D eigenvalue weighted by molar-refractivity contribution is 7.89. The number of rotatable bonds is 7. The average molecular weight is 311 g/mol. The molecule has 1 saturated carbocycles. The predicted molar refractivity (Wildman–Crippen MR) is 81.3 cm³/mol. The zero-order valence-electron chi connectivity index (χ0n) is 12.0. The normalized spacial score (nSPS) is 16.5. The van der Waals surface area contributed by atoms with Gasteiger partial charge in [-0.15, -0.1) is 0 Å². The third-order valence-corrected chi connectivity index (χ3v) is 5.02. The third kappa shape index (κ3) is 4.26. The van der Waals surface area contributed by atoms with Crippen molar-refractivity contribution in [1.29, 1.82) is 0 Å². The molecule has 21 heavy (non-hydrogen) atoms. The second-order valence-electron chi connectivity index (χ2n) is 5.25. The number of benzene rings is 1. The van der Waals surface area contributed by atoms with Crippen molar-refractivity contribution in [3.63, 3.8) is 0 Å². The Labute approximate surface area is 125 Å². The van der Waals surface area contributed by atoms with E-state index in [0.29, 0.717) is 18.7 Å². The van der Waals surface area contributed by atoms with Crippen LogP contribution in [-0.4, -0.2) is 26.9 Å². The third-order valence-electron chi connectivity index (χ3n) is 3.48. The molecule has 1 aromatic carbocycles. The molecule has 7 heteroatoms. The topological polar surface area (TPSA) is 101 Å². The van der Waals surface area contributed by atoms with Gasteiger partial charge in [0.25, 0.3) is 0 Å². The maximum Gasteiger partial charge on any atom is 0.240 e. The SMILES string of the molecule is CCC(CN)C(=O)Nc1ccc(S(=O)(=O)NC2CC2)cc1. The molecule has 0 bridgehead atoms. The van der Waals surface area contributed by atoms with Gasteiger partial charge < -0.3 is 11.1 Å². The Morgan fingerprint density at radius 3 is 2.43 bits per heavy atom. The first-order chi connectivity index (χ1) is 9.96. The molecule has 1 aromatic rings. The minimum absolute atomic E-state index is 0.0734. The van der Waals surface area contributed by atoms with E-state index in [1.807, 2.05) is 6.92 Å². The highest BCUT2D eigenvalue weighted by Crippen LogP contribution is 2.23. The molecule has 0 aliphatic heterocycles. The molecule has 1 unspecified atom stereocenters. The van der Waals surface area contributed by atoms with E-state index in [0.717, 1.165) is 12.8 Å². The summed E-state index contributed by atoms with van der Waals surface area (Å²) in [5.41, 5.74) is 6.09. The van der Waals surface area contributed by atoms with Gasteiger partial charge in [-0.2, -0.15) is 0 Å². The summed E-state index contributed by atoms with van der Waals surface area (Å²) in [5.74, 6) is -0.378. The monoisotopic (exact) mass is 311 g/mol. The summed E-state index contributed by atoms with van der Waals surface area (Å²) >= 11 is 0. The maximum atomic E-state index is 12.0. The van der Waals surface area contributed by atoms with Crippen molar-refractivity contribution in [2.24, 2.45) is 11.7 Å². The van der Waals surface area contributed by atoms with Crippen LogP contribution in [0.1, 0.15) is 26.2 Å². The van der Waals surface area contributed by atoms with Crippen molar-refractivity contribution in [1.82, 2.24) is 4.72 Å². The van der Waals surface area contributed by atoms with Crippen molar-refractivity contribution in [3.8, 4) is 0 Å². The summed E-state index contributed by atoms with van der Waals surface area (Å²) in [6.45, 7) is 2.19. The molecular formula is C14H21N3O3S. The summed E-state index contributed by atoms with van der Waals surface area (Å²) in [7, 11) is -3.45. The fourth-order valence-electron chi connectivity index (χ4n) is 1.91. The van der Waals surface area contributed by atoms with Crippen LogP contribution in [0.25, 0.3) is 0 Å². The lowest BCUT2D eigenvalue weighted by Crippen LogP contribution is -2.28. The van der Waals surface area contributed by atoms with E-state index in [-0.39, 0.29) is 22.8 Å². The summed E-state index contributed by atoms with van der Waals surface area (Å²) in [6.07, 6.45) is 2.45. The Balaban J connectivity index is 2.03. The molecule has 6 nitrogen and oxygen atoms in total. The van der Waals surface area contributed by atoms with Crippen molar-refractivity contribution in [3.05, 3.63) is 24.3 Å². The second-order valence-corrected chi connectivity index (χ2v) is 6.96. The quantitative estimate of drug-likeness (QED) is 0.700. The van der Waals surface area contributed by atoms with Crippen molar-refractivity contribution in [2.45, 2.75) is 37.1 Å². The van der Waals surface area contributed by atoms with Crippen LogP contribution in [-0.2, 0) is 14.8 Å². The van der Waals surface area contributed by atoms with Crippen molar-refractivity contribution in [2.75, 3.05) is 11.9 Å². The van der Waals surface area contributed by atoms with Crippen LogP contribution in [0.5, 0.6) is 0 Å². The molecule has 2 rings (SSSR count). The van der Waals surface area contributed by atoms with E-state index in [1.54, 1.807) is 12.1 Å². The largest absolute Gasteiger partial charge is 0.330 e. The second kappa shape index (κ2) is 6.55. The van der Waals surface area contributed by atoms with Gasteiger partial charge in [-0.1, -0.05) is 6.92 Å². The summed E-state index contributed by atoms with van der Waals surface area (Å²) < 4.78 is 26.6. The smallest absolute Gasteiger partial charge is 0.240 e. The molecule has 4 N–H and O–H groups in total. The minimum Gasteiger partial charge on any atom is -0.330 e. The van der Waals surface area contributed by atoms with E-state index in [4.69, 9.17) is 5.73 Å². The van der Waals surface area contributed by atoms with Crippen molar-refractivity contribution >= 4 is 21.6 Å². The average Bonchev–Trinajstić information content (AvgIpc) is 3.24. The fourth-order valence-corrected chi connectivity index (χ4v) is 3.21. The maximum absolute atomic E-state index is 12.0. The van der Waals surface area contributed by atoms with Gasteiger partial charge in [-0.05, 0) is 43.5 Å². The molecule has 1 fully saturated rings. The Bertz CT molecular complexity index is 590. The number of nitrogens with two attached hydrogens (primary N) is 1. The predicted octanol–water partition coefficient (Wildman–Crippen LogP) is 1.05. The molecule has 0 spiro atoms. The van der Waals surface area contributed by atoms with Crippen LogP contribution in [0.15, 0.2) is 29.2 Å². The first-order valence-corrected chi connectivity index (χ1v) is 8.58. The highest BCUT2D eigenvalue weighted by atomic mass is 32.2. The van der Waals surface area contributed by atoms with E-state index >= 15 is 0 Å². The number of carbonyl (C=O) groups excluding carboxylic acids is 1. The Morgan fingerprint density at radius 1 is 1.33 bits per heavy atom. The van der Waals surface area contributed by atoms with E-state index in [9.17, 15) is 13.2 Å². The zero-order chi connectivity index (χ0) is 15.5. The van der Waals surface area contributed by atoms with Gasteiger partial charge in [0, 0.05) is 18.3 Å². The molecule has 0 aromatic heterocycles. The lowest BCUT2D eigenvalue weighted by molar-refractivity contribution is -0.119. The van der Waals surface area contributed by atoms with Gasteiger partial charge in [-0.25, -0.2) is 13.1 Å². The van der Waals surface area contributed by atoms with E-state index < -0.39 is 10.0 Å². The first-order valence-electron chi connectivity index (χ1n) is 7.09. The first kappa shape index (κ1) is 15.9. The summed E-state index contributed by atoms with van der Waals surface area (Å²) in [4.78, 5) is 12.1. The van der Waals surface area contributed by atoms with Gasteiger partial charge in [0.2, 0.25) is 15.9 Å². The number of carbonyl (C=O) groups is 1. The van der Waals surface area contributed by atoms with Crippen LogP contribution < -0.4 is 15.8 Å². The highest BCUT2D eigenvalue weighted by Gasteiger charge is 2.27. The lowest BCUT2D eigenvalue weighted by atomic mass is 10.1. The summed E-state index contributed by atoms with van der Waals surface area (Å²) in [6, 6.07) is 6.22. The molecule has 1 aliphatic carbocycles. The lowest BCUT2D eigenvalue weighted by Gasteiger charge is -2.13. The van der Waals surface area contributed by atoms with Crippen molar-refractivity contribution < 1.29 is 13.2 Å². The minimum atomic E-state index is -3.45. The number of amides is 1. The molecule has 0 radical (unpaired) electrons. The van der Waals surface area contributed by atoms with Crippen LogP contribution >= 0.6 is 0 Å². The molecule has 1 amide bonds. The Morgan fingerprint density at radius 2 is 1.95 bits per heavy atom. The van der Waals surface area contributed by atoms with Crippen LogP contribution in [0, 0.1) is 5.92 Å². The number of sulfonamides is 1. The van der Waals surface area contributed by atoms with Crippen LogP contribution in [0.2, 0.25) is 0 Å². The van der Waals surface area contributed by atoms with Crippen LogP contribution in [0.4, 0.5) is 5.69 Å². The number of hydrogen-bond acceptors (Lipinski definition) is 4. The Kier molecular flexibility index (Phi) is 4.97. The molecular weight excluding hydrogens is 290 g/mol.